The summed E-state index contributed by atoms with van der Waals surface area (Å²) in [5.41, 5.74) is -0.362. The van der Waals surface area contributed by atoms with Gasteiger partial charge < -0.3 is 30.5 Å². The minimum absolute atomic E-state index is 0.0851. The van der Waals surface area contributed by atoms with Gasteiger partial charge in [0.25, 0.3) is 0 Å². The molecule has 0 aromatic rings. The lowest BCUT2D eigenvalue weighted by Crippen LogP contribution is -2.59. The molecule has 0 saturated carbocycles. The van der Waals surface area contributed by atoms with Gasteiger partial charge in [-0.3, -0.25) is 9.59 Å². The van der Waals surface area contributed by atoms with Gasteiger partial charge >= 0.3 is 7.12 Å². The first-order valence-corrected chi connectivity index (χ1v) is 10.4. The van der Waals surface area contributed by atoms with Crippen LogP contribution in [0.25, 0.3) is 0 Å². The quantitative estimate of drug-likeness (QED) is 0.345. The predicted molar refractivity (Wildman–Crippen MR) is 113 cm³/mol. The Morgan fingerprint density at radius 1 is 1.18 bits per heavy atom. The highest BCUT2D eigenvalue weighted by Crippen LogP contribution is 2.28. The molecule has 28 heavy (non-hydrogen) atoms. The molecule has 0 spiro atoms. The van der Waals surface area contributed by atoms with Crippen molar-refractivity contribution in [3.63, 3.8) is 0 Å². The molecule has 2 aliphatic heterocycles. The third kappa shape index (κ3) is 5.22. The highest BCUT2D eigenvalue weighted by molar-refractivity contribution is 7.80. The highest BCUT2D eigenvalue weighted by atomic mass is 32.1. The second kappa shape index (κ2) is 9.52. The molecule has 0 bridgehead atoms. The van der Waals surface area contributed by atoms with Crippen LogP contribution in [0, 0.1) is 5.41 Å². The number of likely N-dealkylation sites (N-methyl/N-ethyl adjacent to an activating group) is 1. The van der Waals surface area contributed by atoms with Gasteiger partial charge in [0, 0.05) is 13.1 Å². The van der Waals surface area contributed by atoms with E-state index in [2.05, 4.69) is 10.6 Å². The van der Waals surface area contributed by atoms with Crippen LogP contribution in [0.4, 0.5) is 0 Å². The van der Waals surface area contributed by atoms with Crippen LogP contribution in [-0.4, -0.2) is 88.5 Å². The summed E-state index contributed by atoms with van der Waals surface area (Å²) in [5, 5.41) is 25.3. The zero-order valence-corrected chi connectivity index (χ0v) is 18.1. The lowest BCUT2D eigenvalue weighted by molar-refractivity contribution is -0.138. The molecule has 0 aliphatic carbocycles. The van der Waals surface area contributed by atoms with Crippen LogP contribution in [0.5, 0.6) is 0 Å². The van der Waals surface area contributed by atoms with E-state index in [1.54, 1.807) is 11.9 Å². The summed E-state index contributed by atoms with van der Waals surface area (Å²) in [4.78, 5) is 29.3. The number of carbonyl (C=O) groups excluding carboxylic acids is 2. The second-order valence-corrected chi connectivity index (χ2v) is 9.16. The Morgan fingerprint density at radius 3 is 2.36 bits per heavy atom. The Morgan fingerprint density at radius 2 is 1.79 bits per heavy atom. The molecule has 3 atom stereocenters. The molecule has 4 N–H and O–H groups in total. The normalized spacial score (nSPS) is 23.6. The van der Waals surface area contributed by atoms with Crippen molar-refractivity contribution in [3.05, 3.63) is 0 Å². The number of hydrogen-bond acceptors (Lipinski definition) is 6. The van der Waals surface area contributed by atoms with Crippen LogP contribution in [-0.2, 0) is 9.59 Å². The van der Waals surface area contributed by atoms with Gasteiger partial charge in [-0.15, -0.1) is 0 Å². The number of likely N-dealkylation sites (tertiary alicyclic amines) is 2. The van der Waals surface area contributed by atoms with Gasteiger partial charge in [-0.1, -0.05) is 33.0 Å². The number of amides is 2. The van der Waals surface area contributed by atoms with Crippen molar-refractivity contribution in [2.75, 3.05) is 26.7 Å². The van der Waals surface area contributed by atoms with Gasteiger partial charge in [0.05, 0.1) is 18.5 Å². The van der Waals surface area contributed by atoms with E-state index in [0.29, 0.717) is 30.9 Å². The number of carbonyl (C=O) groups is 2. The van der Waals surface area contributed by atoms with Gasteiger partial charge in [-0.25, -0.2) is 0 Å². The highest BCUT2D eigenvalue weighted by Gasteiger charge is 2.42. The SMILES string of the molecule is CNCC(=O)N1CCC[C@H]1C(=O)N[C@H](C(=S)N1CCC[C@H]1B(O)O)C(C)(C)C. The number of thiocarbonyl (C=S) groups is 1. The first-order valence-electron chi connectivity index (χ1n) is 9.99. The third-order valence-corrected chi connectivity index (χ3v) is 6.00. The molecule has 10 heteroatoms. The zero-order valence-electron chi connectivity index (χ0n) is 17.3. The predicted octanol–water partition coefficient (Wildman–Crippen LogP) is -0.468. The summed E-state index contributed by atoms with van der Waals surface area (Å²) in [6.45, 7) is 7.39. The van der Waals surface area contributed by atoms with E-state index in [0.717, 1.165) is 12.8 Å². The number of hydrogen-bond donors (Lipinski definition) is 4. The molecule has 0 aromatic heterocycles. The van der Waals surface area contributed by atoms with Gasteiger partial charge in [0.2, 0.25) is 11.8 Å². The number of nitrogens with one attached hydrogen (secondary N) is 2. The Balaban J connectivity index is 2.15. The van der Waals surface area contributed by atoms with Gasteiger partial charge in [-0.2, -0.15) is 0 Å². The summed E-state index contributed by atoms with van der Waals surface area (Å²) >= 11 is 5.69. The monoisotopic (exact) mass is 412 g/mol. The van der Waals surface area contributed by atoms with Crippen LogP contribution in [0.1, 0.15) is 46.5 Å². The number of rotatable bonds is 6. The molecule has 8 nitrogen and oxygen atoms in total. The molecular weight excluding hydrogens is 379 g/mol. The fourth-order valence-electron chi connectivity index (χ4n) is 4.02. The summed E-state index contributed by atoms with van der Waals surface area (Å²) in [6.07, 6.45) is 2.90. The van der Waals surface area contributed by atoms with Crippen LogP contribution in [0.3, 0.4) is 0 Å². The molecular formula is C18H33BN4O4S. The van der Waals surface area contributed by atoms with E-state index in [1.165, 1.54) is 0 Å². The fourth-order valence-corrected chi connectivity index (χ4v) is 4.66. The Hall–Kier alpha value is -1.23. The van der Waals surface area contributed by atoms with Crippen LogP contribution in [0.15, 0.2) is 0 Å². The van der Waals surface area contributed by atoms with E-state index < -0.39 is 25.1 Å². The van der Waals surface area contributed by atoms with Crippen molar-refractivity contribution < 1.29 is 19.6 Å². The molecule has 2 fully saturated rings. The van der Waals surface area contributed by atoms with Crippen molar-refractivity contribution in [2.45, 2.75) is 64.5 Å². The average Bonchev–Trinajstić information content (AvgIpc) is 3.26. The molecule has 158 valence electrons. The Kier molecular flexibility index (Phi) is 7.84. The molecule has 0 radical (unpaired) electrons. The van der Waals surface area contributed by atoms with Crippen LogP contribution >= 0.6 is 12.2 Å². The van der Waals surface area contributed by atoms with E-state index in [1.807, 2.05) is 25.7 Å². The average molecular weight is 412 g/mol. The maximum atomic E-state index is 13.1. The fraction of sp³-hybridized carbons (Fsp3) is 0.833. The standard InChI is InChI=1S/C18H33BN4O4S/c1-18(2,3)15(17(28)23-10-6-8-13(23)19(26)27)21-16(25)12-7-5-9-22(12)14(24)11-20-4/h12-13,15,20,26-27H,5-11H2,1-4H3,(H,21,25)/t12-,13-,15+/m0/s1. The van der Waals surface area contributed by atoms with Crippen LogP contribution < -0.4 is 10.6 Å². The molecule has 2 aliphatic rings. The van der Waals surface area contributed by atoms with Crippen molar-refractivity contribution in [1.29, 1.82) is 0 Å². The van der Waals surface area contributed by atoms with Crippen molar-refractivity contribution in [2.24, 2.45) is 5.41 Å². The smallest absolute Gasteiger partial charge is 0.426 e. The van der Waals surface area contributed by atoms with Gasteiger partial charge in [-0.05, 0) is 38.1 Å². The molecule has 2 heterocycles. The topological polar surface area (TPSA) is 105 Å². The summed E-state index contributed by atoms with van der Waals surface area (Å²) < 4.78 is 0. The van der Waals surface area contributed by atoms with Gasteiger partial charge in [0.1, 0.15) is 11.0 Å². The summed E-state index contributed by atoms with van der Waals surface area (Å²) in [7, 11) is 0.236. The second-order valence-electron chi connectivity index (χ2n) is 8.74. The summed E-state index contributed by atoms with van der Waals surface area (Å²) in [5.74, 6) is -0.739. The van der Waals surface area contributed by atoms with Crippen molar-refractivity contribution in [1.82, 2.24) is 20.4 Å². The van der Waals surface area contributed by atoms with E-state index >= 15 is 0 Å². The van der Waals surface area contributed by atoms with E-state index in [9.17, 15) is 19.6 Å². The third-order valence-electron chi connectivity index (χ3n) is 5.53. The molecule has 2 amide bonds. The molecule has 0 unspecified atom stereocenters. The molecule has 2 rings (SSSR count). The maximum Gasteiger partial charge on any atom is 0.475 e. The van der Waals surface area contributed by atoms with E-state index in [-0.39, 0.29) is 23.8 Å². The Labute approximate surface area is 173 Å². The van der Waals surface area contributed by atoms with Crippen molar-refractivity contribution >= 4 is 36.1 Å². The summed E-state index contributed by atoms with van der Waals surface area (Å²) in [6, 6.07) is -0.942. The zero-order chi connectivity index (χ0) is 21.1. The molecule has 2 saturated heterocycles. The lowest BCUT2D eigenvalue weighted by Gasteiger charge is -2.39. The molecule has 0 aromatic carbocycles. The van der Waals surface area contributed by atoms with Crippen molar-refractivity contribution in [3.8, 4) is 0 Å². The van der Waals surface area contributed by atoms with Crippen LogP contribution in [0.2, 0.25) is 0 Å². The van der Waals surface area contributed by atoms with E-state index in [4.69, 9.17) is 12.2 Å². The van der Waals surface area contributed by atoms with Gasteiger partial charge in [0.15, 0.2) is 0 Å². The first kappa shape index (κ1) is 23.1. The minimum Gasteiger partial charge on any atom is -0.426 e. The Bertz CT molecular complexity index is 599. The first-order chi connectivity index (χ1) is 13.1. The number of nitrogens with zero attached hydrogens (tertiary/aromatic N) is 2. The lowest BCUT2D eigenvalue weighted by atomic mass is 9.77. The minimum atomic E-state index is -1.47. The maximum absolute atomic E-state index is 13.1. The largest absolute Gasteiger partial charge is 0.475 e.